The van der Waals surface area contributed by atoms with Crippen LogP contribution in [-0.2, 0) is 6.42 Å². The molecule has 0 bridgehead atoms. The molecule has 104 valence electrons. The molecule has 2 aromatic heterocycles. The van der Waals surface area contributed by atoms with Gasteiger partial charge in [0.1, 0.15) is 17.3 Å². The number of aromatic nitrogens is 4. The van der Waals surface area contributed by atoms with Crippen LogP contribution in [0.25, 0.3) is 5.65 Å². The van der Waals surface area contributed by atoms with Gasteiger partial charge in [-0.15, -0.1) is 10.2 Å². The van der Waals surface area contributed by atoms with Crippen LogP contribution in [0, 0.1) is 5.92 Å². The van der Waals surface area contributed by atoms with Crippen molar-refractivity contribution in [1.29, 1.82) is 0 Å². The average molecular weight is 297 g/mol. The molecule has 2 aliphatic carbocycles. The summed E-state index contributed by atoms with van der Waals surface area (Å²) in [7, 11) is 0. The first-order valence-corrected chi connectivity index (χ1v) is 7.65. The van der Waals surface area contributed by atoms with Crippen molar-refractivity contribution in [3.63, 3.8) is 0 Å². The number of aryl methyl sites for hydroxylation is 1. The molecule has 3 atom stereocenters. The first kappa shape index (κ1) is 11.7. The highest BCUT2D eigenvalue weighted by atomic mass is 35.5. The minimum absolute atomic E-state index is 0.458. The molecule has 0 radical (unpaired) electrons. The van der Waals surface area contributed by atoms with Crippen molar-refractivity contribution in [2.75, 3.05) is 0 Å². The number of hydrogen-bond acceptors (Lipinski definition) is 3. The molecule has 0 N–H and O–H groups in total. The van der Waals surface area contributed by atoms with E-state index in [0.717, 1.165) is 11.5 Å². The number of hydrogen-bond donors (Lipinski definition) is 0. The van der Waals surface area contributed by atoms with Crippen molar-refractivity contribution in [2.45, 2.75) is 24.7 Å². The fourth-order valence-electron chi connectivity index (χ4n) is 3.94. The molecule has 5 heteroatoms. The molecule has 3 unspecified atom stereocenters. The third-order valence-electron chi connectivity index (χ3n) is 4.92. The van der Waals surface area contributed by atoms with Gasteiger partial charge in [0, 0.05) is 12.0 Å². The Morgan fingerprint density at radius 2 is 2.05 bits per heavy atom. The first-order valence-electron chi connectivity index (χ1n) is 7.27. The van der Waals surface area contributed by atoms with Crippen LogP contribution >= 0.6 is 11.6 Å². The van der Waals surface area contributed by atoms with E-state index in [1.165, 1.54) is 24.0 Å². The molecule has 1 aromatic carbocycles. The van der Waals surface area contributed by atoms with Gasteiger partial charge < -0.3 is 0 Å². The number of rotatable bonds is 1. The van der Waals surface area contributed by atoms with Crippen molar-refractivity contribution < 1.29 is 0 Å². The van der Waals surface area contributed by atoms with E-state index >= 15 is 0 Å². The minimum atomic E-state index is 0.458. The summed E-state index contributed by atoms with van der Waals surface area (Å²) in [6.45, 7) is 0. The lowest BCUT2D eigenvalue weighted by Gasteiger charge is -2.13. The molecule has 21 heavy (non-hydrogen) atoms. The van der Waals surface area contributed by atoms with E-state index in [0.29, 0.717) is 22.9 Å². The molecule has 4 nitrogen and oxygen atoms in total. The smallest absolute Gasteiger partial charge is 0.165 e. The number of fused-ring (bicyclic) bond motifs is 4. The molecular formula is C16H13ClN4. The molecule has 2 aliphatic rings. The Kier molecular flexibility index (Phi) is 2.25. The highest BCUT2D eigenvalue weighted by molar-refractivity contribution is 6.29. The standard InChI is InChI=1S/C16H13ClN4/c17-12-7-13-19-20-16(21(13)8-18-12)15-11-6-5-9-3-1-2-4-10(9)14(11)15/h1-4,7-8,11,14-15H,5-6H2. The zero-order valence-electron chi connectivity index (χ0n) is 11.3. The third kappa shape index (κ3) is 1.59. The molecule has 2 heterocycles. The van der Waals surface area contributed by atoms with Gasteiger partial charge in [-0.25, -0.2) is 4.98 Å². The fourth-order valence-corrected chi connectivity index (χ4v) is 4.08. The van der Waals surface area contributed by atoms with Gasteiger partial charge in [0.25, 0.3) is 0 Å². The summed E-state index contributed by atoms with van der Waals surface area (Å²) in [6, 6.07) is 10.6. The van der Waals surface area contributed by atoms with Crippen molar-refractivity contribution >= 4 is 17.2 Å². The number of nitrogens with zero attached hydrogens (tertiary/aromatic N) is 4. The molecule has 3 aromatic rings. The van der Waals surface area contributed by atoms with Crippen LogP contribution in [0.5, 0.6) is 0 Å². The summed E-state index contributed by atoms with van der Waals surface area (Å²) in [5, 5.41) is 9.11. The van der Waals surface area contributed by atoms with Crippen molar-refractivity contribution in [3.05, 3.63) is 58.8 Å². The lowest BCUT2D eigenvalue weighted by Crippen LogP contribution is -2.00. The maximum absolute atomic E-state index is 5.92. The molecule has 0 amide bonds. The van der Waals surface area contributed by atoms with Crippen molar-refractivity contribution in [3.8, 4) is 0 Å². The summed E-state index contributed by atoms with van der Waals surface area (Å²) in [6.07, 6.45) is 4.15. The predicted octanol–water partition coefficient (Wildman–Crippen LogP) is 3.22. The van der Waals surface area contributed by atoms with E-state index in [2.05, 4.69) is 39.4 Å². The Labute approximate surface area is 126 Å². The molecule has 1 saturated carbocycles. The largest absolute Gasteiger partial charge is 0.269 e. The molecule has 1 fully saturated rings. The Balaban J connectivity index is 1.61. The normalized spacial score (nSPS) is 26.4. The summed E-state index contributed by atoms with van der Waals surface area (Å²) in [4.78, 5) is 4.16. The maximum atomic E-state index is 5.92. The quantitative estimate of drug-likeness (QED) is 0.648. The van der Waals surface area contributed by atoms with E-state index in [9.17, 15) is 0 Å². The van der Waals surface area contributed by atoms with Crippen LogP contribution in [0.2, 0.25) is 5.15 Å². The SMILES string of the molecule is Clc1cc2nnc(C3C4CCc5ccccc5C43)n2cn1. The van der Waals surface area contributed by atoms with Gasteiger partial charge in [-0.3, -0.25) is 4.40 Å². The number of halogens is 1. The Hall–Kier alpha value is -1.94. The van der Waals surface area contributed by atoms with Crippen LogP contribution in [0.3, 0.4) is 0 Å². The third-order valence-corrected chi connectivity index (χ3v) is 5.13. The lowest BCUT2D eigenvalue weighted by atomic mass is 9.92. The average Bonchev–Trinajstić information content (AvgIpc) is 3.11. The van der Waals surface area contributed by atoms with Gasteiger partial charge in [-0.2, -0.15) is 0 Å². The van der Waals surface area contributed by atoms with Gasteiger partial charge in [0.15, 0.2) is 5.65 Å². The lowest BCUT2D eigenvalue weighted by molar-refractivity contribution is 0.653. The van der Waals surface area contributed by atoms with Crippen LogP contribution in [-0.4, -0.2) is 19.6 Å². The molecular weight excluding hydrogens is 284 g/mol. The first-order chi connectivity index (χ1) is 10.3. The van der Waals surface area contributed by atoms with Gasteiger partial charge in [-0.1, -0.05) is 35.9 Å². The summed E-state index contributed by atoms with van der Waals surface area (Å²) >= 11 is 5.92. The zero-order valence-corrected chi connectivity index (χ0v) is 12.0. The van der Waals surface area contributed by atoms with Crippen LogP contribution < -0.4 is 0 Å². The minimum Gasteiger partial charge on any atom is -0.269 e. The Bertz CT molecular complexity index is 856. The van der Waals surface area contributed by atoms with Gasteiger partial charge >= 0.3 is 0 Å². The summed E-state index contributed by atoms with van der Waals surface area (Å²) in [5.74, 6) is 2.79. The maximum Gasteiger partial charge on any atom is 0.165 e. The monoisotopic (exact) mass is 296 g/mol. The van der Waals surface area contributed by atoms with Gasteiger partial charge in [0.05, 0.1) is 0 Å². The van der Waals surface area contributed by atoms with Crippen molar-refractivity contribution in [1.82, 2.24) is 19.6 Å². The summed E-state index contributed by atoms with van der Waals surface area (Å²) in [5.41, 5.74) is 3.77. The summed E-state index contributed by atoms with van der Waals surface area (Å²) < 4.78 is 1.98. The Morgan fingerprint density at radius 3 is 3.00 bits per heavy atom. The van der Waals surface area contributed by atoms with Crippen LogP contribution in [0.1, 0.15) is 35.2 Å². The molecule has 0 saturated heterocycles. The van der Waals surface area contributed by atoms with Gasteiger partial charge in [0.2, 0.25) is 0 Å². The second kappa shape index (κ2) is 4.04. The van der Waals surface area contributed by atoms with Crippen LogP contribution in [0.15, 0.2) is 36.7 Å². The second-order valence-corrected chi connectivity index (χ2v) is 6.34. The van der Waals surface area contributed by atoms with E-state index < -0.39 is 0 Å². The highest BCUT2D eigenvalue weighted by Crippen LogP contribution is 2.64. The van der Waals surface area contributed by atoms with Gasteiger partial charge in [-0.05, 0) is 35.8 Å². The van der Waals surface area contributed by atoms with Crippen LogP contribution in [0.4, 0.5) is 0 Å². The van der Waals surface area contributed by atoms with E-state index in [1.54, 1.807) is 12.4 Å². The molecule has 0 spiro atoms. The highest BCUT2D eigenvalue weighted by Gasteiger charge is 2.55. The van der Waals surface area contributed by atoms with E-state index in [1.807, 2.05) is 4.40 Å². The molecule has 0 aliphatic heterocycles. The number of benzene rings is 1. The zero-order chi connectivity index (χ0) is 14.0. The molecule has 5 rings (SSSR count). The predicted molar refractivity (Wildman–Crippen MR) is 79.5 cm³/mol. The topological polar surface area (TPSA) is 43.1 Å². The van der Waals surface area contributed by atoms with E-state index in [4.69, 9.17) is 11.6 Å². The second-order valence-electron chi connectivity index (χ2n) is 5.95. The fraction of sp³-hybridized carbons (Fsp3) is 0.312. The Morgan fingerprint density at radius 1 is 1.14 bits per heavy atom. The van der Waals surface area contributed by atoms with Crippen molar-refractivity contribution in [2.24, 2.45) is 5.92 Å². The van der Waals surface area contributed by atoms with E-state index in [-0.39, 0.29) is 0 Å².